The summed E-state index contributed by atoms with van der Waals surface area (Å²) in [4.78, 5) is 0. The van der Waals surface area contributed by atoms with Gasteiger partial charge in [0.15, 0.2) is 0 Å². The fourth-order valence-corrected chi connectivity index (χ4v) is 2.60. The first-order valence-corrected chi connectivity index (χ1v) is 6.74. The molecule has 0 bridgehead atoms. The van der Waals surface area contributed by atoms with Gasteiger partial charge in [-0.2, -0.15) is 0 Å². The van der Waals surface area contributed by atoms with Crippen LogP contribution in [0.4, 0.5) is 15.8 Å². The number of nitrogens with one attached hydrogen (secondary N) is 1. The smallest absolute Gasteiger partial charge is 0.140 e. The van der Waals surface area contributed by atoms with Gasteiger partial charge in [0.25, 0.3) is 0 Å². The largest absolute Gasteiger partial charge is 0.456 e. The van der Waals surface area contributed by atoms with Gasteiger partial charge in [-0.05, 0) is 24.3 Å². The molecule has 4 aromatic rings. The standard InChI is InChI=1S/C18H12FNO/c19-12-10-15(20-13-6-2-1-3-7-13)18-14-8-4-5-9-16(14)21-17(18)11-12/h1-11,20H. The van der Waals surface area contributed by atoms with E-state index in [9.17, 15) is 4.39 Å². The van der Waals surface area contributed by atoms with Crippen molar-refractivity contribution in [1.29, 1.82) is 0 Å². The Hall–Kier alpha value is -2.81. The van der Waals surface area contributed by atoms with Gasteiger partial charge in [-0.25, -0.2) is 4.39 Å². The highest BCUT2D eigenvalue weighted by Crippen LogP contribution is 2.36. The lowest BCUT2D eigenvalue weighted by Gasteiger charge is -2.08. The molecule has 1 heterocycles. The van der Waals surface area contributed by atoms with E-state index < -0.39 is 0 Å². The van der Waals surface area contributed by atoms with Crippen molar-refractivity contribution < 1.29 is 8.81 Å². The van der Waals surface area contributed by atoms with Gasteiger partial charge in [-0.15, -0.1) is 0 Å². The van der Waals surface area contributed by atoms with Crippen LogP contribution in [0.5, 0.6) is 0 Å². The predicted molar refractivity (Wildman–Crippen MR) is 83.4 cm³/mol. The third-order valence-corrected chi connectivity index (χ3v) is 3.50. The Morgan fingerprint density at radius 2 is 1.57 bits per heavy atom. The van der Waals surface area contributed by atoms with Gasteiger partial charge in [-0.1, -0.05) is 36.4 Å². The minimum absolute atomic E-state index is 0.319. The molecule has 0 radical (unpaired) electrons. The molecule has 0 atom stereocenters. The van der Waals surface area contributed by atoms with Crippen LogP contribution in [0, 0.1) is 5.82 Å². The Kier molecular flexibility index (Phi) is 2.64. The van der Waals surface area contributed by atoms with Crippen LogP contribution < -0.4 is 5.32 Å². The molecular weight excluding hydrogens is 265 g/mol. The lowest BCUT2D eigenvalue weighted by Crippen LogP contribution is -1.91. The molecular formula is C18H12FNO. The topological polar surface area (TPSA) is 25.2 Å². The zero-order chi connectivity index (χ0) is 14.2. The van der Waals surface area contributed by atoms with Gasteiger partial charge in [0.2, 0.25) is 0 Å². The third kappa shape index (κ3) is 2.03. The Labute approximate surface area is 120 Å². The molecule has 3 heteroatoms. The van der Waals surface area contributed by atoms with Crippen molar-refractivity contribution in [1.82, 2.24) is 0 Å². The molecule has 1 N–H and O–H groups in total. The highest BCUT2D eigenvalue weighted by Gasteiger charge is 2.12. The molecule has 0 amide bonds. The maximum Gasteiger partial charge on any atom is 0.140 e. The maximum absolute atomic E-state index is 13.8. The SMILES string of the molecule is Fc1cc(Nc2ccccc2)c2c(c1)oc1ccccc12. The Morgan fingerprint density at radius 3 is 2.43 bits per heavy atom. The second kappa shape index (κ2) is 4.63. The van der Waals surface area contributed by atoms with Crippen LogP contribution in [0.25, 0.3) is 21.9 Å². The number of halogens is 1. The first-order valence-electron chi connectivity index (χ1n) is 6.74. The molecule has 0 spiro atoms. The van der Waals surface area contributed by atoms with Gasteiger partial charge < -0.3 is 9.73 Å². The molecule has 3 aromatic carbocycles. The van der Waals surface area contributed by atoms with E-state index in [0.717, 1.165) is 22.0 Å². The minimum Gasteiger partial charge on any atom is -0.456 e. The zero-order valence-corrected chi connectivity index (χ0v) is 11.1. The van der Waals surface area contributed by atoms with Crippen LogP contribution in [0.1, 0.15) is 0 Å². The summed E-state index contributed by atoms with van der Waals surface area (Å²) in [7, 11) is 0. The van der Waals surface area contributed by atoms with Crippen molar-refractivity contribution in [2.75, 3.05) is 5.32 Å². The lowest BCUT2D eigenvalue weighted by atomic mass is 10.1. The summed E-state index contributed by atoms with van der Waals surface area (Å²) in [6, 6.07) is 20.4. The lowest BCUT2D eigenvalue weighted by molar-refractivity contribution is 0.619. The fraction of sp³-hybridized carbons (Fsp3) is 0. The number of anilines is 2. The molecule has 0 saturated heterocycles. The fourth-order valence-electron chi connectivity index (χ4n) is 2.60. The molecule has 1 aromatic heterocycles. The van der Waals surface area contributed by atoms with E-state index in [1.165, 1.54) is 12.1 Å². The second-order valence-corrected chi connectivity index (χ2v) is 4.92. The van der Waals surface area contributed by atoms with Crippen LogP contribution in [-0.4, -0.2) is 0 Å². The molecule has 0 aliphatic carbocycles. The number of hydrogen-bond acceptors (Lipinski definition) is 2. The van der Waals surface area contributed by atoms with Crippen molar-refractivity contribution in [3.05, 3.63) is 72.5 Å². The first-order chi connectivity index (χ1) is 10.3. The van der Waals surface area contributed by atoms with E-state index in [1.807, 2.05) is 54.6 Å². The van der Waals surface area contributed by atoms with Crippen LogP contribution in [0.3, 0.4) is 0 Å². The quantitative estimate of drug-likeness (QED) is 0.525. The van der Waals surface area contributed by atoms with Crippen LogP contribution in [0.15, 0.2) is 71.1 Å². The van der Waals surface area contributed by atoms with Gasteiger partial charge >= 0.3 is 0 Å². The number of fused-ring (bicyclic) bond motifs is 3. The molecule has 4 rings (SSSR count). The Morgan fingerprint density at radius 1 is 0.810 bits per heavy atom. The molecule has 0 saturated carbocycles. The van der Waals surface area contributed by atoms with E-state index in [-0.39, 0.29) is 5.82 Å². The summed E-state index contributed by atoms with van der Waals surface area (Å²) in [5, 5.41) is 5.14. The third-order valence-electron chi connectivity index (χ3n) is 3.50. The summed E-state index contributed by atoms with van der Waals surface area (Å²) in [6.07, 6.45) is 0. The normalized spacial score (nSPS) is 11.1. The van der Waals surface area contributed by atoms with Gasteiger partial charge in [0.1, 0.15) is 17.0 Å². The summed E-state index contributed by atoms with van der Waals surface area (Å²) < 4.78 is 19.6. The van der Waals surface area contributed by atoms with Crippen LogP contribution in [0.2, 0.25) is 0 Å². The van der Waals surface area contributed by atoms with Crippen molar-refractivity contribution in [3.63, 3.8) is 0 Å². The van der Waals surface area contributed by atoms with E-state index in [0.29, 0.717) is 11.3 Å². The van der Waals surface area contributed by atoms with E-state index in [2.05, 4.69) is 5.32 Å². The Bertz CT molecular complexity index is 928. The van der Waals surface area contributed by atoms with Crippen molar-refractivity contribution in [2.24, 2.45) is 0 Å². The molecule has 2 nitrogen and oxygen atoms in total. The summed E-state index contributed by atoms with van der Waals surface area (Å²) in [6.45, 7) is 0. The molecule has 0 fully saturated rings. The van der Waals surface area contributed by atoms with Crippen molar-refractivity contribution in [3.8, 4) is 0 Å². The highest BCUT2D eigenvalue weighted by molar-refractivity contribution is 6.11. The Balaban J connectivity index is 1.98. The average molecular weight is 277 g/mol. The second-order valence-electron chi connectivity index (χ2n) is 4.92. The maximum atomic E-state index is 13.8. The summed E-state index contributed by atoms with van der Waals surface area (Å²) in [5.74, 6) is -0.319. The van der Waals surface area contributed by atoms with Crippen LogP contribution >= 0.6 is 0 Å². The van der Waals surface area contributed by atoms with Crippen molar-refractivity contribution >= 4 is 33.3 Å². The number of hydrogen-bond donors (Lipinski definition) is 1. The summed E-state index contributed by atoms with van der Waals surface area (Å²) >= 11 is 0. The van der Waals surface area contributed by atoms with Gasteiger partial charge in [0.05, 0.1) is 11.1 Å². The van der Waals surface area contributed by atoms with E-state index in [4.69, 9.17) is 4.42 Å². The first kappa shape index (κ1) is 12.0. The molecule has 21 heavy (non-hydrogen) atoms. The van der Waals surface area contributed by atoms with Crippen LogP contribution in [-0.2, 0) is 0 Å². The molecule has 0 unspecified atom stereocenters. The monoisotopic (exact) mass is 277 g/mol. The molecule has 0 aliphatic rings. The minimum atomic E-state index is -0.319. The predicted octanol–water partition coefficient (Wildman–Crippen LogP) is 5.47. The number of rotatable bonds is 2. The number of para-hydroxylation sites is 2. The van der Waals surface area contributed by atoms with E-state index >= 15 is 0 Å². The van der Waals surface area contributed by atoms with Crippen molar-refractivity contribution in [2.45, 2.75) is 0 Å². The molecule has 0 aliphatic heterocycles. The summed E-state index contributed by atoms with van der Waals surface area (Å²) in [5.41, 5.74) is 2.93. The van der Waals surface area contributed by atoms with Gasteiger partial charge in [0, 0.05) is 17.1 Å². The average Bonchev–Trinajstić information content (AvgIpc) is 2.86. The zero-order valence-electron chi connectivity index (χ0n) is 11.1. The van der Waals surface area contributed by atoms with E-state index in [1.54, 1.807) is 0 Å². The highest BCUT2D eigenvalue weighted by atomic mass is 19.1. The number of benzene rings is 3. The number of furan rings is 1. The van der Waals surface area contributed by atoms with Gasteiger partial charge in [-0.3, -0.25) is 0 Å². The molecule has 102 valence electrons.